The number of hydrogen-bond acceptors (Lipinski definition) is 5. The Morgan fingerprint density at radius 2 is 1.65 bits per heavy atom. The lowest BCUT2D eigenvalue weighted by atomic mass is 10.0. The quantitative estimate of drug-likeness (QED) is 0.335. The van der Waals surface area contributed by atoms with Crippen LogP contribution in [-0.4, -0.2) is 57.1 Å². The molecular weight excluding hydrogens is 550 g/mol. The third kappa shape index (κ3) is 8.47. The molecule has 0 saturated carbocycles. The van der Waals surface area contributed by atoms with Crippen molar-refractivity contribution in [2.45, 2.75) is 45.8 Å². The standard InChI is InChI=1S/C30H36ClN3O5S/c1-21(2)32-30(36)27(17-23-11-7-6-8-12-23)33(19-24-13-9-10-22(3)16-24)29(35)20-34(40(5,37)38)26-18-25(31)14-15-28(26)39-4/h6-16,18,21,27H,17,19-20H2,1-5H3,(H,32,36). The molecular formula is C30H36ClN3O5S. The summed E-state index contributed by atoms with van der Waals surface area (Å²) in [5, 5.41) is 3.22. The maximum absolute atomic E-state index is 14.1. The minimum Gasteiger partial charge on any atom is -0.495 e. The third-order valence-corrected chi connectivity index (χ3v) is 7.59. The van der Waals surface area contributed by atoms with Crippen LogP contribution in [0.5, 0.6) is 5.75 Å². The van der Waals surface area contributed by atoms with Crippen LogP contribution < -0.4 is 14.4 Å². The van der Waals surface area contributed by atoms with Gasteiger partial charge in [-0.05, 0) is 50.1 Å². The molecule has 0 radical (unpaired) electrons. The van der Waals surface area contributed by atoms with Crippen molar-refractivity contribution >= 4 is 39.1 Å². The maximum Gasteiger partial charge on any atom is 0.244 e. The fourth-order valence-corrected chi connectivity index (χ4v) is 5.41. The molecule has 214 valence electrons. The molecule has 0 heterocycles. The van der Waals surface area contributed by atoms with Gasteiger partial charge in [0, 0.05) is 24.0 Å². The molecule has 1 unspecified atom stereocenters. The van der Waals surface area contributed by atoms with Crippen LogP contribution in [0.15, 0.2) is 72.8 Å². The molecule has 3 rings (SSSR count). The minimum absolute atomic E-state index is 0.105. The van der Waals surface area contributed by atoms with Crippen LogP contribution in [0.3, 0.4) is 0 Å². The van der Waals surface area contributed by atoms with E-state index >= 15 is 0 Å². The number of aryl methyl sites for hydroxylation is 1. The number of carbonyl (C=O) groups is 2. The predicted molar refractivity (Wildman–Crippen MR) is 159 cm³/mol. The number of ether oxygens (including phenoxy) is 1. The van der Waals surface area contributed by atoms with Gasteiger partial charge in [-0.1, -0.05) is 71.8 Å². The number of hydrogen-bond donors (Lipinski definition) is 1. The van der Waals surface area contributed by atoms with Crippen molar-refractivity contribution in [3.8, 4) is 5.75 Å². The smallest absolute Gasteiger partial charge is 0.244 e. The Morgan fingerprint density at radius 1 is 0.975 bits per heavy atom. The zero-order chi connectivity index (χ0) is 29.4. The van der Waals surface area contributed by atoms with E-state index in [0.717, 1.165) is 27.3 Å². The molecule has 0 aliphatic rings. The zero-order valence-corrected chi connectivity index (χ0v) is 25.0. The molecule has 1 N–H and O–H groups in total. The normalized spacial score (nSPS) is 12.1. The molecule has 8 nitrogen and oxygen atoms in total. The molecule has 0 aliphatic heterocycles. The van der Waals surface area contributed by atoms with Crippen LogP contribution in [0.25, 0.3) is 0 Å². The Labute approximate surface area is 241 Å². The molecule has 40 heavy (non-hydrogen) atoms. The Morgan fingerprint density at radius 3 is 2.25 bits per heavy atom. The average Bonchev–Trinajstić information content (AvgIpc) is 2.88. The summed E-state index contributed by atoms with van der Waals surface area (Å²) in [6.45, 7) is 5.19. The fraction of sp³-hybridized carbons (Fsp3) is 0.333. The molecule has 0 spiro atoms. The number of rotatable bonds is 12. The minimum atomic E-state index is -3.95. The summed E-state index contributed by atoms with van der Waals surface area (Å²) in [6.07, 6.45) is 1.26. The molecule has 0 fully saturated rings. The first-order chi connectivity index (χ1) is 18.9. The van der Waals surface area contributed by atoms with Gasteiger partial charge in [-0.15, -0.1) is 0 Å². The van der Waals surface area contributed by atoms with E-state index in [4.69, 9.17) is 16.3 Å². The number of anilines is 1. The van der Waals surface area contributed by atoms with Crippen molar-refractivity contribution < 1.29 is 22.7 Å². The first kappa shape index (κ1) is 31.0. The molecule has 10 heteroatoms. The maximum atomic E-state index is 14.1. The van der Waals surface area contributed by atoms with Gasteiger partial charge in [0.2, 0.25) is 21.8 Å². The monoisotopic (exact) mass is 585 g/mol. The van der Waals surface area contributed by atoms with Gasteiger partial charge in [0.1, 0.15) is 18.3 Å². The van der Waals surface area contributed by atoms with E-state index in [1.165, 1.54) is 18.1 Å². The Bertz CT molecular complexity index is 1430. The average molecular weight is 586 g/mol. The van der Waals surface area contributed by atoms with Crippen LogP contribution in [0, 0.1) is 6.92 Å². The summed E-state index contributed by atoms with van der Waals surface area (Å²) in [6, 6.07) is 20.5. The summed E-state index contributed by atoms with van der Waals surface area (Å²) in [4.78, 5) is 29.2. The molecule has 0 saturated heterocycles. The van der Waals surface area contributed by atoms with Crippen LogP contribution in [0.1, 0.15) is 30.5 Å². The van der Waals surface area contributed by atoms with E-state index in [2.05, 4.69) is 5.32 Å². The highest BCUT2D eigenvalue weighted by molar-refractivity contribution is 7.92. The van der Waals surface area contributed by atoms with Crippen molar-refractivity contribution in [3.05, 3.63) is 94.5 Å². The lowest BCUT2D eigenvalue weighted by molar-refractivity contribution is -0.140. The summed E-state index contributed by atoms with van der Waals surface area (Å²) in [5.41, 5.74) is 2.81. The van der Waals surface area contributed by atoms with E-state index in [0.29, 0.717) is 0 Å². The van der Waals surface area contributed by atoms with E-state index in [9.17, 15) is 18.0 Å². The number of carbonyl (C=O) groups excluding carboxylic acids is 2. The van der Waals surface area contributed by atoms with Crippen molar-refractivity contribution in [2.75, 3.05) is 24.2 Å². The lowest BCUT2D eigenvalue weighted by Crippen LogP contribution is -2.54. The first-order valence-corrected chi connectivity index (χ1v) is 15.1. The SMILES string of the molecule is COc1ccc(Cl)cc1N(CC(=O)N(Cc1cccc(C)c1)C(Cc1ccccc1)C(=O)NC(C)C)S(C)(=O)=O. The number of halogens is 1. The van der Waals surface area contributed by atoms with E-state index < -0.39 is 28.5 Å². The fourth-order valence-electron chi connectivity index (χ4n) is 4.39. The van der Waals surface area contributed by atoms with Gasteiger partial charge < -0.3 is 15.0 Å². The van der Waals surface area contributed by atoms with Crippen LogP contribution in [0.2, 0.25) is 5.02 Å². The third-order valence-electron chi connectivity index (χ3n) is 6.23. The largest absolute Gasteiger partial charge is 0.495 e. The first-order valence-electron chi connectivity index (χ1n) is 12.9. The van der Waals surface area contributed by atoms with Crippen molar-refractivity contribution in [1.82, 2.24) is 10.2 Å². The van der Waals surface area contributed by atoms with Gasteiger partial charge in [-0.25, -0.2) is 8.42 Å². The number of nitrogens with one attached hydrogen (secondary N) is 1. The summed E-state index contributed by atoms with van der Waals surface area (Å²) in [7, 11) is -2.54. The Hall–Kier alpha value is -3.56. The van der Waals surface area contributed by atoms with Crippen molar-refractivity contribution in [3.63, 3.8) is 0 Å². The highest BCUT2D eigenvalue weighted by Gasteiger charge is 2.34. The summed E-state index contributed by atoms with van der Waals surface area (Å²) >= 11 is 6.19. The molecule has 0 aliphatic carbocycles. The zero-order valence-electron chi connectivity index (χ0n) is 23.4. The Balaban J connectivity index is 2.10. The molecule has 2 amide bonds. The van der Waals surface area contributed by atoms with E-state index in [1.54, 1.807) is 12.1 Å². The van der Waals surface area contributed by atoms with Gasteiger partial charge in [-0.2, -0.15) is 0 Å². The van der Waals surface area contributed by atoms with Crippen LogP contribution in [-0.2, 0) is 32.6 Å². The molecule has 0 aromatic heterocycles. The number of methoxy groups -OCH3 is 1. The molecule has 0 bridgehead atoms. The summed E-state index contributed by atoms with van der Waals surface area (Å²) < 4.78 is 32.3. The van der Waals surface area contributed by atoms with Gasteiger partial charge in [0.15, 0.2) is 0 Å². The second-order valence-electron chi connectivity index (χ2n) is 9.97. The van der Waals surface area contributed by atoms with Gasteiger partial charge >= 0.3 is 0 Å². The second-order valence-corrected chi connectivity index (χ2v) is 12.3. The van der Waals surface area contributed by atoms with Crippen LogP contribution in [0.4, 0.5) is 5.69 Å². The number of benzene rings is 3. The van der Waals surface area contributed by atoms with Crippen molar-refractivity contribution in [2.24, 2.45) is 0 Å². The molecule has 1 atom stereocenters. The molecule has 3 aromatic carbocycles. The van der Waals surface area contributed by atoms with E-state index in [1.807, 2.05) is 75.4 Å². The van der Waals surface area contributed by atoms with Crippen molar-refractivity contribution in [1.29, 1.82) is 0 Å². The van der Waals surface area contributed by atoms with Gasteiger partial charge in [0.25, 0.3) is 0 Å². The second kappa shape index (κ2) is 13.7. The number of sulfonamides is 1. The molecule has 3 aromatic rings. The number of amides is 2. The highest BCUT2D eigenvalue weighted by Crippen LogP contribution is 2.33. The number of nitrogens with zero attached hydrogens (tertiary/aromatic N) is 2. The Kier molecular flexibility index (Phi) is 10.6. The van der Waals surface area contributed by atoms with Gasteiger partial charge in [0.05, 0.1) is 19.1 Å². The summed E-state index contributed by atoms with van der Waals surface area (Å²) in [5.74, 6) is -0.633. The topological polar surface area (TPSA) is 96.0 Å². The van der Waals surface area contributed by atoms with Crippen LogP contribution >= 0.6 is 11.6 Å². The van der Waals surface area contributed by atoms with E-state index in [-0.39, 0.29) is 41.4 Å². The van der Waals surface area contributed by atoms with Gasteiger partial charge in [-0.3, -0.25) is 13.9 Å². The highest BCUT2D eigenvalue weighted by atomic mass is 35.5. The lowest BCUT2D eigenvalue weighted by Gasteiger charge is -2.34. The predicted octanol–water partition coefficient (Wildman–Crippen LogP) is 4.59.